The predicted octanol–water partition coefficient (Wildman–Crippen LogP) is 2.02. The van der Waals surface area contributed by atoms with Crippen LogP contribution >= 0.6 is 15.9 Å². The summed E-state index contributed by atoms with van der Waals surface area (Å²) in [6, 6.07) is 6.48. The normalized spacial score (nSPS) is 11.5. The van der Waals surface area contributed by atoms with Crippen LogP contribution in [-0.4, -0.2) is 31.9 Å². The van der Waals surface area contributed by atoms with Crippen LogP contribution in [0.1, 0.15) is 6.42 Å². The van der Waals surface area contributed by atoms with Gasteiger partial charge in [0.05, 0.1) is 16.5 Å². The summed E-state index contributed by atoms with van der Waals surface area (Å²) in [4.78, 5) is 0.203. The standard InChI is InChI=1S/C13H16BrN3O3S/c1-20-13-5-4-11(10-12(13)14)21(18,19)16-7-3-9-17-8-2-6-15-17/h2,4-6,8,10,16H,3,7,9H2,1H3. The number of ether oxygens (including phenoxy) is 1. The molecule has 0 amide bonds. The van der Waals surface area contributed by atoms with Crippen LogP contribution in [0.25, 0.3) is 0 Å². The van der Waals surface area contributed by atoms with Crippen LogP contribution in [0.3, 0.4) is 0 Å². The summed E-state index contributed by atoms with van der Waals surface area (Å²) in [6.07, 6.45) is 4.20. The molecule has 0 unspecified atom stereocenters. The highest BCUT2D eigenvalue weighted by Gasteiger charge is 2.15. The number of aryl methyl sites for hydroxylation is 1. The molecule has 6 nitrogen and oxygen atoms in total. The van der Waals surface area contributed by atoms with Crippen molar-refractivity contribution < 1.29 is 13.2 Å². The van der Waals surface area contributed by atoms with E-state index in [1.807, 2.05) is 12.3 Å². The Balaban J connectivity index is 1.93. The van der Waals surface area contributed by atoms with Gasteiger partial charge >= 0.3 is 0 Å². The van der Waals surface area contributed by atoms with Crippen molar-refractivity contribution >= 4 is 26.0 Å². The average molecular weight is 374 g/mol. The summed E-state index contributed by atoms with van der Waals surface area (Å²) in [5, 5.41) is 4.06. The van der Waals surface area contributed by atoms with Gasteiger partial charge in [0.25, 0.3) is 0 Å². The van der Waals surface area contributed by atoms with E-state index in [1.165, 1.54) is 19.2 Å². The van der Waals surface area contributed by atoms with Crippen LogP contribution in [-0.2, 0) is 16.6 Å². The molecule has 2 aromatic rings. The smallest absolute Gasteiger partial charge is 0.240 e. The third-order valence-electron chi connectivity index (χ3n) is 2.85. The Labute approximate surface area is 132 Å². The van der Waals surface area contributed by atoms with E-state index in [0.717, 1.165) is 0 Å². The van der Waals surface area contributed by atoms with Crippen LogP contribution in [0, 0.1) is 0 Å². The van der Waals surface area contributed by atoms with E-state index in [9.17, 15) is 8.42 Å². The van der Waals surface area contributed by atoms with E-state index in [1.54, 1.807) is 16.9 Å². The summed E-state index contributed by atoms with van der Waals surface area (Å²) < 4.78 is 34.3. The molecular formula is C13H16BrN3O3S. The second-order valence-corrected chi connectivity index (χ2v) is 6.94. The first-order valence-electron chi connectivity index (χ1n) is 6.33. The fourth-order valence-electron chi connectivity index (χ4n) is 1.78. The third kappa shape index (κ3) is 4.29. The van der Waals surface area contributed by atoms with Crippen LogP contribution in [0.2, 0.25) is 0 Å². The summed E-state index contributed by atoms with van der Waals surface area (Å²) in [5.74, 6) is 0.590. The molecule has 0 aliphatic rings. The molecule has 0 spiro atoms. The third-order valence-corrected chi connectivity index (χ3v) is 4.93. The van der Waals surface area contributed by atoms with Crippen LogP contribution < -0.4 is 9.46 Å². The number of benzene rings is 1. The number of nitrogens with one attached hydrogen (secondary N) is 1. The van der Waals surface area contributed by atoms with Gasteiger partial charge < -0.3 is 4.74 Å². The second-order valence-electron chi connectivity index (χ2n) is 4.32. The van der Waals surface area contributed by atoms with Gasteiger partial charge in [0, 0.05) is 25.5 Å². The van der Waals surface area contributed by atoms with Crippen molar-refractivity contribution in [3.63, 3.8) is 0 Å². The molecule has 0 atom stereocenters. The summed E-state index contributed by atoms with van der Waals surface area (Å²) in [6.45, 7) is 1.02. The summed E-state index contributed by atoms with van der Waals surface area (Å²) in [7, 11) is -1.98. The maximum absolute atomic E-state index is 12.2. The van der Waals surface area contributed by atoms with Gasteiger partial charge in [0.2, 0.25) is 10.0 Å². The van der Waals surface area contributed by atoms with E-state index in [0.29, 0.717) is 29.7 Å². The number of aromatic nitrogens is 2. The Morgan fingerprint density at radius 2 is 2.24 bits per heavy atom. The predicted molar refractivity (Wildman–Crippen MR) is 82.7 cm³/mol. The van der Waals surface area contributed by atoms with Gasteiger partial charge in [-0.05, 0) is 46.6 Å². The largest absolute Gasteiger partial charge is 0.496 e. The van der Waals surface area contributed by atoms with Gasteiger partial charge in [0.15, 0.2) is 0 Å². The fraction of sp³-hybridized carbons (Fsp3) is 0.308. The van der Waals surface area contributed by atoms with Gasteiger partial charge in [-0.2, -0.15) is 5.10 Å². The van der Waals surface area contributed by atoms with Crippen molar-refractivity contribution in [2.75, 3.05) is 13.7 Å². The maximum atomic E-state index is 12.2. The minimum absolute atomic E-state index is 0.203. The zero-order valence-electron chi connectivity index (χ0n) is 11.5. The number of hydrogen-bond donors (Lipinski definition) is 1. The molecule has 0 fully saturated rings. The molecule has 0 aliphatic carbocycles. The molecule has 0 aliphatic heterocycles. The Morgan fingerprint density at radius 3 is 2.86 bits per heavy atom. The zero-order valence-corrected chi connectivity index (χ0v) is 13.9. The molecule has 0 bridgehead atoms. The number of rotatable bonds is 7. The fourth-order valence-corrected chi connectivity index (χ4v) is 3.57. The molecule has 2 rings (SSSR count). The lowest BCUT2D eigenvalue weighted by molar-refractivity contribution is 0.411. The Bertz CT molecular complexity index is 687. The second kappa shape index (κ2) is 7.06. The van der Waals surface area contributed by atoms with E-state index >= 15 is 0 Å². The molecule has 1 aromatic carbocycles. The minimum Gasteiger partial charge on any atom is -0.496 e. The first-order valence-corrected chi connectivity index (χ1v) is 8.61. The zero-order chi connectivity index (χ0) is 15.3. The lowest BCUT2D eigenvalue weighted by atomic mass is 10.3. The number of nitrogens with zero attached hydrogens (tertiary/aromatic N) is 2. The molecule has 1 heterocycles. The molecule has 21 heavy (non-hydrogen) atoms. The topological polar surface area (TPSA) is 73.2 Å². The minimum atomic E-state index is -3.51. The van der Waals surface area contributed by atoms with Crippen LogP contribution in [0.4, 0.5) is 0 Å². The number of methoxy groups -OCH3 is 1. The maximum Gasteiger partial charge on any atom is 0.240 e. The molecular weight excluding hydrogens is 358 g/mol. The SMILES string of the molecule is COc1ccc(S(=O)(=O)NCCCn2cccn2)cc1Br. The van der Waals surface area contributed by atoms with Crippen LogP contribution in [0.5, 0.6) is 5.75 Å². The first kappa shape index (κ1) is 16.0. The van der Waals surface area contributed by atoms with Crippen LogP contribution in [0.15, 0.2) is 46.0 Å². The van der Waals surface area contributed by atoms with Crippen molar-refractivity contribution in [3.8, 4) is 5.75 Å². The monoisotopic (exact) mass is 373 g/mol. The van der Waals surface area contributed by atoms with Crippen molar-refractivity contribution in [1.29, 1.82) is 0 Å². The average Bonchev–Trinajstić information content (AvgIpc) is 2.97. The van der Waals surface area contributed by atoms with E-state index in [2.05, 4.69) is 25.8 Å². The molecule has 0 saturated carbocycles. The van der Waals surface area contributed by atoms with Crippen molar-refractivity contribution in [1.82, 2.24) is 14.5 Å². The highest BCUT2D eigenvalue weighted by molar-refractivity contribution is 9.10. The lowest BCUT2D eigenvalue weighted by Gasteiger charge is -2.09. The van der Waals surface area contributed by atoms with Gasteiger partial charge in [-0.1, -0.05) is 0 Å². The number of hydrogen-bond acceptors (Lipinski definition) is 4. The highest BCUT2D eigenvalue weighted by Crippen LogP contribution is 2.27. The van der Waals surface area contributed by atoms with E-state index < -0.39 is 10.0 Å². The summed E-state index contributed by atoms with van der Waals surface area (Å²) in [5.41, 5.74) is 0. The molecule has 1 aromatic heterocycles. The van der Waals surface area contributed by atoms with Gasteiger partial charge in [-0.25, -0.2) is 13.1 Å². The quantitative estimate of drug-likeness (QED) is 0.753. The van der Waals surface area contributed by atoms with Gasteiger partial charge in [0.1, 0.15) is 5.75 Å². The molecule has 0 saturated heterocycles. The Kier molecular flexibility index (Phi) is 5.38. The van der Waals surface area contributed by atoms with Crippen molar-refractivity contribution in [2.45, 2.75) is 17.9 Å². The lowest BCUT2D eigenvalue weighted by Crippen LogP contribution is -2.25. The van der Waals surface area contributed by atoms with Crippen molar-refractivity contribution in [2.24, 2.45) is 0 Å². The molecule has 8 heteroatoms. The Morgan fingerprint density at radius 1 is 1.43 bits per heavy atom. The molecule has 1 N–H and O–H groups in total. The Hall–Kier alpha value is -1.38. The van der Waals surface area contributed by atoms with Gasteiger partial charge in [-0.15, -0.1) is 0 Å². The van der Waals surface area contributed by atoms with Crippen molar-refractivity contribution in [3.05, 3.63) is 41.1 Å². The number of sulfonamides is 1. The number of halogens is 1. The van der Waals surface area contributed by atoms with Gasteiger partial charge in [-0.3, -0.25) is 4.68 Å². The first-order chi connectivity index (χ1) is 10.0. The van der Waals surface area contributed by atoms with E-state index in [4.69, 9.17) is 4.74 Å². The van der Waals surface area contributed by atoms with E-state index in [-0.39, 0.29) is 4.90 Å². The molecule has 0 radical (unpaired) electrons. The highest BCUT2D eigenvalue weighted by atomic mass is 79.9. The summed E-state index contributed by atoms with van der Waals surface area (Å²) >= 11 is 3.28. The molecule has 114 valence electrons.